The second-order valence-electron chi connectivity index (χ2n) is 10.2. The van der Waals surface area contributed by atoms with Crippen LogP contribution in [0.15, 0.2) is 78.9 Å². The van der Waals surface area contributed by atoms with Gasteiger partial charge in [0.1, 0.15) is 17.2 Å². The van der Waals surface area contributed by atoms with E-state index in [4.69, 9.17) is 9.47 Å². The van der Waals surface area contributed by atoms with Crippen LogP contribution in [0.5, 0.6) is 17.2 Å². The third-order valence-electron chi connectivity index (χ3n) is 7.11. The van der Waals surface area contributed by atoms with Gasteiger partial charge in [-0.25, -0.2) is 9.59 Å². The number of hydrogen-bond acceptors (Lipinski definition) is 5. The van der Waals surface area contributed by atoms with Crippen LogP contribution in [0.2, 0.25) is 0 Å². The van der Waals surface area contributed by atoms with Crippen molar-refractivity contribution in [3.63, 3.8) is 0 Å². The number of para-hydroxylation sites is 1. The summed E-state index contributed by atoms with van der Waals surface area (Å²) in [6, 6.07) is 21.1. The smallest absolute Gasteiger partial charge is 0.494 e. The Kier molecular flexibility index (Phi) is 8.65. The molecule has 1 aliphatic rings. The maximum absolute atomic E-state index is 12.5. The van der Waals surface area contributed by atoms with Gasteiger partial charge in [0, 0.05) is 26.4 Å². The largest absolute Gasteiger partial charge is 0.573 e. The average molecular weight is 573 g/mol. The third kappa shape index (κ3) is 7.62. The molecule has 2 amide bonds. The number of halogens is 3. The van der Waals surface area contributed by atoms with Gasteiger partial charge < -0.3 is 29.5 Å². The molecule has 0 saturated carbocycles. The first-order valence-electron chi connectivity index (χ1n) is 12.9. The molecule has 41 heavy (non-hydrogen) atoms. The first-order chi connectivity index (χ1) is 19.4. The molecular formula is C30H31F3N2O6. The number of likely N-dealkylation sites (N-methyl/N-ethyl adjacent to an activating group) is 1. The van der Waals surface area contributed by atoms with E-state index in [-0.39, 0.29) is 24.8 Å². The molecule has 2 unspecified atom stereocenters. The Morgan fingerprint density at radius 2 is 1.51 bits per heavy atom. The van der Waals surface area contributed by atoms with Crippen LogP contribution in [0, 0.1) is 0 Å². The first kappa shape index (κ1) is 29.6. The predicted octanol–water partition coefficient (Wildman–Crippen LogP) is 5.46. The van der Waals surface area contributed by atoms with Gasteiger partial charge in [-0.1, -0.05) is 42.5 Å². The lowest BCUT2D eigenvalue weighted by Gasteiger charge is -2.35. The molecule has 1 fully saturated rings. The highest BCUT2D eigenvalue weighted by Gasteiger charge is 2.43. The molecule has 0 spiro atoms. The zero-order valence-electron chi connectivity index (χ0n) is 22.6. The lowest BCUT2D eigenvalue weighted by Crippen LogP contribution is -2.47. The van der Waals surface area contributed by atoms with Crippen LogP contribution in [0.3, 0.4) is 0 Å². The van der Waals surface area contributed by atoms with E-state index < -0.39 is 23.5 Å². The molecule has 3 aromatic carbocycles. The number of nitrogens with zero attached hydrogens (tertiary/aromatic N) is 1. The maximum Gasteiger partial charge on any atom is 0.573 e. The zero-order valence-corrected chi connectivity index (χ0v) is 22.6. The van der Waals surface area contributed by atoms with Gasteiger partial charge >= 0.3 is 18.4 Å². The van der Waals surface area contributed by atoms with Gasteiger partial charge in [-0.15, -0.1) is 13.2 Å². The monoisotopic (exact) mass is 572 g/mol. The highest BCUT2D eigenvalue weighted by atomic mass is 19.4. The van der Waals surface area contributed by atoms with Crippen molar-refractivity contribution in [3.05, 3.63) is 90.0 Å². The summed E-state index contributed by atoms with van der Waals surface area (Å²) < 4.78 is 53.2. The van der Waals surface area contributed by atoms with E-state index in [2.05, 4.69) is 10.1 Å². The van der Waals surface area contributed by atoms with Gasteiger partial charge in [0.2, 0.25) is 5.60 Å². The van der Waals surface area contributed by atoms with Gasteiger partial charge in [-0.3, -0.25) is 0 Å². The molecule has 11 heteroatoms. The number of aliphatic carboxylic acids is 1. The van der Waals surface area contributed by atoms with Crippen LogP contribution in [-0.4, -0.2) is 59.7 Å². The number of hydrogen-bond donors (Lipinski definition) is 2. The fraction of sp³-hybridized carbons (Fsp3) is 0.333. The molecule has 1 heterocycles. The van der Waals surface area contributed by atoms with Crippen LogP contribution in [0.1, 0.15) is 24.5 Å². The highest BCUT2D eigenvalue weighted by Crippen LogP contribution is 2.30. The summed E-state index contributed by atoms with van der Waals surface area (Å²) in [5.74, 6) is -0.370. The summed E-state index contributed by atoms with van der Waals surface area (Å²) in [6.07, 6.45) is -3.79. The lowest BCUT2D eigenvalue weighted by atomic mass is 9.87. The highest BCUT2D eigenvalue weighted by molar-refractivity contribution is 5.78. The number of nitrogens with one attached hydrogen (secondary N) is 1. The summed E-state index contributed by atoms with van der Waals surface area (Å²) in [6.45, 7) is 2.13. The van der Waals surface area contributed by atoms with Gasteiger partial charge in [-0.2, -0.15) is 0 Å². The fourth-order valence-electron chi connectivity index (χ4n) is 4.76. The number of alkyl halides is 3. The summed E-state index contributed by atoms with van der Waals surface area (Å²) in [5.41, 5.74) is -0.634. The third-order valence-corrected chi connectivity index (χ3v) is 7.11. The minimum Gasteiger partial charge on any atom is -0.494 e. The summed E-state index contributed by atoms with van der Waals surface area (Å²) in [7, 11) is 1.68. The number of urea groups is 1. The molecule has 0 aromatic heterocycles. The zero-order chi connectivity index (χ0) is 29.7. The van der Waals surface area contributed by atoms with Gasteiger partial charge in [0.25, 0.3) is 0 Å². The van der Waals surface area contributed by atoms with Crippen molar-refractivity contribution in [2.24, 2.45) is 0 Å². The molecule has 1 saturated heterocycles. The number of ether oxygens (including phenoxy) is 3. The Labute approximate surface area is 235 Å². The van der Waals surface area contributed by atoms with Gasteiger partial charge in [-0.05, 0) is 60.9 Å². The van der Waals surface area contributed by atoms with Crippen molar-refractivity contribution in [2.45, 2.75) is 43.7 Å². The topological polar surface area (TPSA) is 97.3 Å². The number of carboxylic acids is 1. The minimum atomic E-state index is -4.77. The van der Waals surface area contributed by atoms with Crippen molar-refractivity contribution in [1.29, 1.82) is 0 Å². The van der Waals surface area contributed by atoms with E-state index in [0.29, 0.717) is 30.9 Å². The molecule has 3 aromatic rings. The molecule has 218 valence electrons. The summed E-state index contributed by atoms with van der Waals surface area (Å²) >= 11 is 0. The summed E-state index contributed by atoms with van der Waals surface area (Å²) in [5, 5.41) is 12.6. The molecule has 0 bridgehead atoms. The molecule has 0 aliphatic carbocycles. The van der Waals surface area contributed by atoms with Gasteiger partial charge in [0.05, 0.1) is 12.1 Å². The van der Waals surface area contributed by atoms with Crippen molar-refractivity contribution in [1.82, 2.24) is 10.2 Å². The molecule has 2 N–H and O–H groups in total. The standard InChI is InChI=1S/C30H31F3N2O6/c1-28(26(36)37,40-24-6-4-3-5-7-24)18-21-8-12-23(13-9-21)39-17-16-29(20-34-27(38)35(29)2)19-22-10-14-25(15-11-22)41-30(31,32)33/h3-15H,16-20H2,1-2H3,(H,34,38)(H,36,37). The Morgan fingerprint density at radius 1 is 0.927 bits per heavy atom. The second kappa shape index (κ2) is 12.0. The second-order valence-corrected chi connectivity index (χ2v) is 10.2. The Morgan fingerprint density at radius 3 is 2.07 bits per heavy atom. The Balaban J connectivity index is 1.37. The fourth-order valence-corrected chi connectivity index (χ4v) is 4.76. The minimum absolute atomic E-state index is 0.131. The SMILES string of the molecule is CN1C(=O)NCC1(CCOc1ccc(CC(C)(Oc2ccccc2)C(=O)O)cc1)Cc1ccc(OC(F)(F)F)cc1. The number of benzene rings is 3. The van der Waals surface area contributed by atoms with E-state index in [1.54, 1.807) is 72.6 Å². The van der Waals surface area contributed by atoms with E-state index in [1.165, 1.54) is 19.1 Å². The molecule has 2 atom stereocenters. The number of amides is 2. The average Bonchev–Trinajstić information content (AvgIpc) is 3.19. The quantitative estimate of drug-likeness (QED) is 0.300. The van der Waals surface area contributed by atoms with Crippen LogP contribution < -0.4 is 19.5 Å². The van der Waals surface area contributed by atoms with E-state index in [9.17, 15) is 27.9 Å². The van der Waals surface area contributed by atoms with E-state index >= 15 is 0 Å². The van der Waals surface area contributed by atoms with E-state index in [1.807, 2.05) is 6.07 Å². The van der Waals surface area contributed by atoms with E-state index in [0.717, 1.165) is 11.1 Å². The molecule has 8 nitrogen and oxygen atoms in total. The molecular weight excluding hydrogens is 541 g/mol. The van der Waals surface area contributed by atoms with Crippen molar-refractivity contribution >= 4 is 12.0 Å². The van der Waals surface area contributed by atoms with Crippen LogP contribution in [0.25, 0.3) is 0 Å². The molecule has 0 radical (unpaired) electrons. The Hall–Kier alpha value is -4.41. The first-order valence-corrected chi connectivity index (χ1v) is 12.9. The number of carbonyl (C=O) groups is 2. The predicted molar refractivity (Wildman–Crippen MR) is 144 cm³/mol. The number of rotatable bonds is 12. The number of carboxylic acid groups (broad SMARTS) is 1. The van der Waals surface area contributed by atoms with Crippen LogP contribution >= 0.6 is 0 Å². The van der Waals surface area contributed by atoms with Crippen molar-refractivity contribution in [2.75, 3.05) is 20.2 Å². The summed E-state index contributed by atoms with van der Waals surface area (Å²) in [4.78, 5) is 25.9. The molecule has 4 rings (SSSR count). The number of carbonyl (C=O) groups excluding carboxylic acids is 1. The van der Waals surface area contributed by atoms with Crippen molar-refractivity contribution < 1.29 is 42.1 Å². The van der Waals surface area contributed by atoms with Crippen LogP contribution in [0.4, 0.5) is 18.0 Å². The normalized spacial score (nSPS) is 18.4. The van der Waals surface area contributed by atoms with Crippen molar-refractivity contribution in [3.8, 4) is 17.2 Å². The Bertz CT molecular complexity index is 1340. The molecule has 1 aliphatic heterocycles. The van der Waals surface area contributed by atoms with Crippen LogP contribution in [-0.2, 0) is 17.6 Å². The maximum atomic E-state index is 12.5. The van der Waals surface area contributed by atoms with Gasteiger partial charge in [0.15, 0.2) is 0 Å². The lowest BCUT2D eigenvalue weighted by molar-refractivity contribution is -0.274.